The van der Waals surface area contributed by atoms with Crippen molar-refractivity contribution in [3.8, 4) is 5.75 Å². The molecule has 4 heteroatoms. The third-order valence-electron chi connectivity index (χ3n) is 3.30. The van der Waals surface area contributed by atoms with Gasteiger partial charge in [0.1, 0.15) is 11.6 Å². The van der Waals surface area contributed by atoms with Crippen LogP contribution in [-0.4, -0.2) is 22.7 Å². The fourth-order valence-electron chi connectivity index (χ4n) is 2.15. The summed E-state index contributed by atoms with van der Waals surface area (Å²) in [5.41, 5.74) is 1.25. The van der Waals surface area contributed by atoms with E-state index < -0.39 is 0 Å². The highest BCUT2D eigenvalue weighted by Gasteiger charge is 2.01. The molecule has 0 amide bonds. The van der Waals surface area contributed by atoms with Crippen LogP contribution >= 0.6 is 0 Å². The van der Waals surface area contributed by atoms with Crippen LogP contribution in [0.4, 0.5) is 0 Å². The maximum Gasteiger partial charge on any atom is 0.119 e. The first-order chi connectivity index (χ1) is 10.1. The number of nitrogens with one attached hydrogen (secondary N) is 1. The topological polar surface area (TPSA) is 39.1 Å². The molecule has 0 fully saturated rings. The lowest BCUT2D eigenvalue weighted by molar-refractivity contribution is 0.317. The van der Waals surface area contributed by atoms with Crippen molar-refractivity contribution in [3.05, 3.63) is 48.0 Å². The predicted molar refractivity (Wildman–Crippen MR) is 85.4 cm³/mol. The smallest absolute Gasteiger partial charge is 0.119 e. The summed E-state index contributed by atoms with van der Waals surface area (Å²) in [6.07, 6.45) is 4.59. The van der Waals surface area contributed by atoms with E-state index in [0.717, 1.165) is 31.1 Å². The lowest BCUT2D eigenvalue weighted by atomic mass is 10.2. The van der Waals surface area contributed by atoms with E-state index in [1.165, 1.54) is 5.56 Å². The van der Waals surface area contributed by atoms with Gasteiger partial charge in [0.05, 0.1) is 6.61 Å². The molecule has 0 aliphatic heterocycles. The summed E-state index contributed by atoms with van der Waals surface area (Å²) in [4.78, 5) is 4.29. The van der Waals surface area contributed by atoms with E-state index in [1.807, 2.05) is 36.1 Å². The first-order valence-electron chi connectivity index (χ1n) is 7.54. The maximum atomic E-state index is 5.82. The lowest BCUT2D eigenvalue weighted by Crippen LogP contribution is -2.18. The number of aryl methyl sites for hydroxylation is 1. The number of nitrogens with zero attached hydrogens (tertiary/aromatic N) is 2. The molecular formula is C17H25N3O. The number of ether oxygens (including phenoxy) is 1. The number of rotatable bonds is 8. The van der Waals surface area contributed by atoms with Crippen LogP contribution in [0.15, 0.2) is 36.7 Å². The highest BCUT2D eigenvalue weighted by Crippen LogP contribution is 2.13. The summed E-state index contributed by atoms with van der Waals surface area (Å²) < 4.78 is 7.84. The summed E-state index contributed by atoms with van der Waals surface area (Å²) in [7, 11) is 2.00. The number of benzene rings is 1. The van der Waals surface area contributed by atoms with E-state index in [9.17, 15) is 0 Å². The van der Waals surface area contributed by atoms with Gasteiger partial charge in [-0.15, -0.1) is 0 Å². The fourth-order valence-corrected chi connectivity index (χ4v) is 2.15. The second-order valence-corrected chi connectivity index (χ2v) is 5.72. The molecule has 0 spiro atoms. The van der Waals surface area contributed by atoms with Crippen molar-refractivity contribution in [3.63, 3.8) is 0 Å². The molecule has 0 aliphatic rings. The zero-order valence-electron chi connectivity index (χ0n) is 13.2. The Morgan fingerprint density at radius 2 is 2.19 bits per heavy atom. The molecule has 1 heterocycles. The van der Waals surface area contributed by atoms with Crippen molar-refractivity contribution < 1.29 is 4.74 Å². The van der Waals surface area contributed by atoms with Crippen LogP contribution in [0.1, 0.15) is 25.2 Å². The van der Waals surface area contributed by atoms with Gasteiger partial charge in [0.2, 0.25) is 0 Å². The standard InChI is InChI=1S/C17H25N3O/c1-14(2)12-18-13-15-5-4-6-16(11-15)21-10-7-17-19-8-9-20(17)3/h4-6,8-9,11,14,18H,7,10,12-13H2,1-3H3. The van der Waals surface area contributed by atoms with Gasteiger partial charge in [0.25, 0.3) is 0 Å². The molecule has 1 aromatic heterocycles. The van der Waals surface area contributed by atoms with E-state index in [4.69, 9.17) is 4.74 Å². The minimum atomic E-state index is 0.647. The number of imidazole rings is 1. The second kappa shape index (κ2) is 7.84. The quantitative estimate of drug-likeness (QED) is 0.811. The Hall–Kier alpha value is -1.81. The molecule has 0 unspecified atom stereocenters. The summed E-state index contributed by atoms with van der Waals surface area (Å²) in [5.74, 6) is 2.64. The zero-order chi connectivity index (χ0) is 15.1. The molecule has 0 saturated heterocycles. The number of hydrogen-bond acceptors (Lipinski definition) is 3. The Bertz CT molecular complexity index is 548. The fraction of sp³-hybridized carbons (Fsp3) is 0.471. The van der Waals surface area contributed by atoms with Crippen molar-refractivity contribution in [2.24, 2.45) is 13.0 Å². The van der Waals surface area contributed by atoms with E-state index in [1.54, 1.807) is 0 Å². The van der Waals surface area contributed by atoms with Gasteiger partial charge in [0, 0.05) is 32.4 Å². The Morgan fingerprint density at radius 1 is 1.33 bits per heavy atom. The molecule has 114 valence electrons. The molecule has 4 nitrogen and oxygen atoms in total. The molecule has 2 rings (SSSR count). The van der Waals surface area contributed by atoms with Crippen molar-refractivity contribution in [2.45, 2.75) is 26.8 Å². The lowest BCUT2D eigenvalue weighted by Gasteiger charge is -2.10. The first-order valence-corrected chi connectivity index (χ1v) is 7.54. The highest BCUT2D eigenvalue weighted by molar-refractivity contribution is 5.28. The van der Waals surface area contributed by atoms with Crippen molar-refractivity contribution >= 4 is 0 Å². The third kappa shape index (κ3) is 5.23. The molecule has 0 aliphatic carbocycles. The highest BCUT2D eigenvalue weighted by atomic mass is 16.5. The van der Waals surface area contributed by atoms with Gasteiger partial charge in [-0.25, -0.2) is 4.98 Å². The average Bonchev–Trinajstić information content (AvgIpc) is 2.85. The predicted octanol–water partition coefficient (Wildman–Crippen LogP) is 2.79. The van der Waals surface area contributed by atoms with E-state index in [0.29, 0.717) is 12.5 Å². The molecule has 0 saturated carbocycles. The van der Waals surface area contributed by atoms with Crippen LogP contribution in [-0.2, 0) is 20.0 Å². The molecule has 1 N–H and O–H groups in total. The van der Waals surface area contributed by atoms with Crippen LogP contribution in [0, 0.1) is 5.92 Å². The van der Waals surface area contributed by atoms with Gasteiger partial charge in [-0.1, -0.05) is 26.0 Å². The van der Waals surface area contributed by atoms with E-state index >= 15 is 0 Å². The molecule has 0 radical (unpaired) electrons. The SMILES string of the molecule is CC(C)CNCc1cccc(OCCc2nccn2C)c1. The van der Waals surface area contributed by atoms with Crippen LogP contribution in [0.5, 0.6) is 5.75 Å². The van der Waals surface area contributed by atoms with Crippen LogP contribution in [0.2, 0.25) is 0 Å². The number of hydrogen-bond donors (Lipinski definition) is 1. The molecule has 0 atom stereocenters. The second-order valence-electron chi connectivity index (χ2n) is 5.72. The van der Waals surface area contributed by atoms with Crippen LogP contribution < -0.4 is 10.1 Å². The monoisotopic (exact) mass is 287 g/mol. The van der Waals surface area contributed by atoms with Gasteiger partial charge < -0.3 is 14.6 Å². The molecule has 1 aromatic carbocycles. The molecule has 21 heavy (non-hydrogen) atoms. The van der Waals surface area contributed by atoms with Crippen molar-refractivity contribution in [1.29, 1.82) is 0 Å². The molecular weight excluding hydrogens is 262 g/mol. The summed E-state index contributed by atoms with van der Waals surface area (Å²) >= 11 is 0. The Balaban J connectivity index is 1.79. The minimum absolute atomic E-state index is 0.647. The third-order valence-corrected chi connectivity index (χ3v) is 3.30. The van der Waals surface area contributed by atoms with Gasteiger partial charge in [-0.05, 0) is 30.2 Å². The summed E-state index contributed by atoms with van der Waals surface area (Å²) in [5, 5.41) is 3.45. The largest absolute Gasteiger partial charge is 0.493 e. The summed E-state index contributed by atoms with van der Waals surface area (Å²) in [6.45, 7) is 6.99. The van der Waals surface area contributed by atoms with Crippen LogP contribution in [0.3, 0.4) is 0 Å². The van der Waals surface area contributed by atoms with Crippen LogP contribution in [0.25, 0.3) is 0 Å². The molecule has 2 aromatic rings. The average molecular weight is 287 g/mol. The van der Waals surface area contributed by atoms with Gasteiger partial charge in [-0.3, -0.25) is 0 Å². The summed E-state index contributed by atoms with van der Waals surface area (Å²) in [6, 6.07) is 8.28. The number of aromatic nitrogens is 2. The Kier molecular flexibility index (Phi) is 5.81. The Morgan fingerprint density at radius 3 is 2.90 bits per heavy atom. The zero-order valence-corrected chi connectivity index (χ0v) is 13.2. The Labute approximate surface area is 127 Å². The minimum Gasteiger partial charge on any atom is -0.493 e. The van der Waals surface area contributed by atoms with Crippen molar-refractivity contribution in [2.75, 3.05) is 13.2 Å². The van der Waals surface area contributed by atoms with E-state index in [2.05, 4.69) is 36.3 Å². The van der Waals surface area contributed by atoms with Gasteiger partial charge in [-0.2, -0.15) is 0 Å². The van der Waals surface area contributed by atoms with E-state index in [-0.39, 0.29) is 0 Å². The maximum absolute atomic E-state index is 5.82. The normalized spacial score (nSPS) is 11.0. The van der Waals surface area contributed by atoms with Crippen molar-refractivity contribution in [1.82, 2.24) is 14.9 Å². The van der Waals surface area contributed by atoms with Gasteiger partial charge >= 0.3 is 0 Å². The molecule has 0 bridgehead atoms. The van der Waals surface area contributed by atoms with Gasteiger partial charge in [0.15, 0.2) is 0 Å². The first kappa shape index (κ1) is 15.6.